The van der Waals surface area contributed by atoms with E-state index in [1.165, 1.54) is 0 Å². The van der Waals surface area contributed by atoms with Crippen LogP contribution in [-0.4, -0.2) is 30.1 Å². The van der Waals surface area contributed by atoms with Crippen LogP contribution in [0.25, 0.3) is 0 Å². The minimum absolute atomic E-state index is 0.0640. The highest BCUT2D eigenvalue weighted by Crippen LogP contribution is 2.31. The summed E-state index contributed by atoms with van der Waals surface area (Å²) in [5, 5.41) is 3.82. The van der Waals surface area contributed by atoms with Crippen LogP contribution in [0.5, 0.6) is 5.75 Å². The van der Waals surface area contributed by atoms with Crippen LogP contribution in [0.3, 0.4) is 0 Å². The molecule has 4 nitrogen and oxygen atoms in total. The van der Waals surface area contributed by atoms with Crippen LogP contribution in [0.1, 0.15) is 47.5 Å². The molecule has 0 aliphatic carbocycles. The van der Waals surface area contributed by atoms with Crippen molar-refractivity contribution in [1.82, 2.24) is 0 Å². The first kappa shape index (κ1) is 22.0. The van der Waals surface area contributed by atoms with Crippen LogP contribution >= 0.6 is 15.9 Å². The van der Waals surface area contributed by atoms with E-state index in [1.54, 1.807) is 0 Å². The first-order chi connectivity index (χ1) is 11.8. The van der Waals surface area contributed by atoms with E-state index in [2.05, 4.69) is 48.9 Å². The lowest BCUT2D eigenvalue weighted by Crippen LogP contribution is -2.47. The first-order valence-corrected chi connectivity index (χ1v) is 10.2. The standard InChI is InChI=1S/C20H32BrNO3/c1-6-25-20(13-15(2)3,14-16(4)5)19(23)22-17-7-9-18(10-8-17)24-12-11-21/h7-10,15-16H,6,11-14H2,1-5H3,(H,22,23). The Hall–Kier alpha value is -1.07. The molecule has 0 saturated carbocycles. The van der Waals surface area contributed by atoms with Gasteiger partial charge in [-0.05, 0) is 55.9 Å². The van der Waals surface area contributed by atoms with E-state index in [0.717, 1.165) is 16.8 Å². The van der Waals surface area contributed by atoms with Gasteiger partial charge in [-0.3, -0.25) is 4.79 Å². The number of hydrogen-bond acceptors (Lipinski definition) is 3. The number of hydrogen-bond donors (Lipinski definition) is 1. The average molecular weight is 414 g/mol. The molecule has 0 atom stereocenters. The van der Waals surface area contributed by atoms with Crippen LogP contribution in [0.15, 0.2) is 24.3 Å². The van der Waals surface area contributed by atoms with Gasteiger partial charge in [-0.15, -0.1) is 0 Å². The molecule has 0 bridgehead atoms. The van der Waals surface area contributed by atoms with Gasteiger partial charge in [0.1, 0.15) is 11.4 Å². The molecular weight excluding hydrogens is 382 g/mol. The highest BCUT2D eigenvalue weighted by atomic mass is 79.9. The van der Waals surface area contributed by atoms with Crippen LogP contribution in [0.4, 0.5) is 5.69 Å². The summed E-state index contributed by atoms with van der Waals surface area (Å²) in [4.78, 5) is 13.1. The zero-order valence-electron chi connectivity index (χ0n) is 16.1. The lowest BCUT2D eigenvalue weighted by Gasteiger charge is -2.35. The van der Waals surface area contributed by atoms with Gasteiger partial charge in [-0.1, -0.05) is 43.6 Å². The zero-order chi connectivity index (χ0) is 18.9. The molecule has 142 valence electrons. The second-order valence-corrected chi connectivity index (χ2v) is 7.93. The number of rotatable bonds is 11. The molecule has 0 aliphatic heterocycles. The Labute approximate surface area is 160 Å². The van der Waals surface area contributed by atoms with Crippen molar-refractivity contribution in [3.05, 3.63) is 24.3 Å². The third-order valence-electron chi connectivity index (χ3n) is 3.77. The van der Waals surface area contributed by atoms with E-state index in [4.69, 9.17) is 9.47 Å². The van der Waals surface area contributed by atoms with Gasteiger partial charge in [0, 0.05) is 17.6 Å². The number of benzene rings is 1. The topological polar surface area (TPSA) is 47.6 Å². The van der Waals surface area contributed by atoms with Gasteiger partial charge in [0.15, 0.2) is 0 Å². The molecule has 5 heteroatoms. The molecule has 25 heavy (non-hydrogen) atoms. The zero-order valence-corrected chi connectivity index (χ0v) is 17.7. The van der Waals surface area contributed by atoms with Crippen molar-refractivity contribution < 1.29 is 14.3 Å². The number of ether oxygens (including phenoxy) is 2. The predicted octanol–water partition coefficient (Wildman–Crippen LogP) is 5.27. The summed E-state index contributed by atoms with van der Waals surface area (Å²) >= 11 is 3.33. The van der Waals surface area contributed by atoms with Crippen molar-refractivity contribution in [3.8, 4) is 5.75 Å². The summed E-state index contributed by atoms with van der Waals surface area (Å²) in [7, 11) is 0. The molecule has 0 saturated heterocycles. The Balaban J connectivity index is 2.92. The van der Waals surface area contributed by atoms with Gasteiger partial charge in [0.2, 0.25) is 0 Å². The SMILES string of the molecule is CCOC(CC(C)C)(CC(C)C)C(=O)Nc1ccc(OCCBr)cc1. The fraction of sp³-hybridized carbons (Fsp3) is 0.650. The fourth-order valence-corrected chi connectivity index (χ4v) is 3.25. The van der Waals surface area contributed by atoms with Crippen LogP contribution in [-0.2, 0) is 9.53 Å². The molecule has 0 aromatic heterocycles. The Morgan fingerprint density at radius 3 is 2.12 bits per heavy atom. The molecule has 0 fully saturated rings. The largest absolute Gasteiger partial charge is 0.493 e. The Morgan fingerprint density at radius 1 is 1.12 bits per heavy atom. The number of alkyl halides is 1. The third kappa shape index (κ3) is 7.37. The predicted molar refractivity (Wildman–Crippen MR) is 108 cm³/mol. The van der Waals surface area contributed by atoms with Gasteiger partial charge in [0.05, 0.1) is 6.61 Å². The van der Waals surface area contributed by atoms with Crippen LogP contribution in [0, 0.1) is 11.8 Å². The lowest BCUT2D eigenvalue weighted by atomic mass is 9.83. The lowest BCUT2D eigenvalue weighted by molar-refractivity contribution is -0.146. The maximum absolute atomic E-state index is 13.1. The van der Waals surface area contributed by atoms with E-state index in [9.17, 15) is 4.79 Å². The van der Waals surface area contributed by atoms with Crippen molar-refractivity contribution in [2.45, 2.75) is 53.1 Å². The number of halogens is 1. The highest BCUT2D eigenvalue weighted by molar-refractivity contribution is 9.09. The van der Waals surface area contributed by atoms with Gasteiger partial charge in [0.25, 0.3) is 5.91 Å². The van der Waals surface area contributed by atoms with Crippen molar-refractivity contribution >= 4 is 27.5 Å². The minimum Gasteiger partial charge on any atom is -0.493 e. The molecule has 0 aliphatic rings. The highest BCUT2D eigenvalue weighted by Gasteiger charge is 2.40. The smallest absolute Gasteiger partial charge is 0.256 e. The maximum atomic E-state index is 13.1. The van der Waals surface area contributed by atoms with Gasteiger partial charge < -0.3 is 14.8 Å². The molecule has 0 spiro atoms. The number of nitrogens with one attached hydrogen (secondary N) is 1. The van der Waals surface area contributed by atoms with Crippen molar-refractivity contribution in [2.24, 2.45) is 11.8 Å². The Bertz CT molecular complexity index is 504. The van der Waals surface area contributed by atoms with Crippen molar-refractivity contribution in [2.75, 3.05) is 23.9 Å². The quantitative estimate of drug-likeness (QED) is 0.502. The van der Waals surface area contributed by atoms with E-state index in [0.29, 0.717) is 37.9 Å². The number of carbonyl (C=O) groups excluding carboxylic acids is 1. The molecule has 1 amide bonds. The van der Waals surface area contributed by atoms with Gasteiger partial charge in [-0.2, -0.15) is 0 Å². The Morgan fingerprint density at radius 2 is 1.68 bits per heavy atom. The average Bonchev–Trinajstić information content (AvgIpc) is 2.53. The third-order valence-corrected chi connectivity index (χ3v) is 4.09. The summed E-state index contributed by atoms with van der Waals surface area (Å²) in [6.07, 6.45) is 1.41. The van der Waals surface area contributed by atoms with Crippen LogP contribution < -0.4 is 10.1 Å². The van der Waals surface area contributed by atoms with E-state index in [-0.39, 0.29) is 5.91 Å². The summed E-state index contributed by atoms with van der Waals surface area (Å²) in [5.41, 5.74) is -0.0323. The summed E-state index contributed by atoms with van der Waals surface area (Å²) < 4.78 is 11.6. The molecule has 1 N–H and O–H groups in total. The molecule has 1 aromatic carbocycles. The van der Waals surface area contributed by atoms with Crippen LogP contribution in [0.2, 0.25) is 0 Å². The second-order valence-electron chi connectivity index (χ2n) is 7.14. The summed E-state index contributed by atoms with van der Waals surface area (Å²) in [6.45, 7) is 11.6. The molecule has 0 radical (unpaired) electrons. The molecule has 0 heterocycles. The van der Waals surface area contributed by atoms with Crippen molar-refractivity contribution in [3.63, 3.8) is 0 Å². The molecule has 1 rings (SSSR count). The number of amides is 1. The fourth-order valence-electron chi connectivity index (χ4n) is 3.08. The summed E-state index contributed by atoms with van der Waals surface area (Å²) in [6, 6.07) is 7.46. The molecular formula is C20H32BrNO3. The van der Waals surface area contributed by atoms with Gasteiger partial charge in [-0.25, -0.2) is 0 Å². The van der Waals surface area contributed by atoms with E-state index in [1.807, 2.05) is 31.2 Å². The molecule has 1 aromatic rings. The van der Waals surface area contributed by atoms with E-state index >= 15 is 0 Å². The van der Waals surface area contributed by atoms with Crippen molar-refractivity contribution in [1.29, 1.82) is 0 Å². The second kappa shape index (κ2) is 10.8. The number of anilines is 1. The molecule has 0 unspecified atom stereocenters. The first-order valence-electron chi connectivity index (χ1n) is 9.07. The normalized spacial score (nSPS) is 11.8. The van der Waals surface area contributed by atoms with Gasteiger partial charge >= 0.3 is 0 Å². The monoisotopic (exact) mass is 413 g/mol. The summed E-state index contributed by atoms with van der Waals surface area (Å²) in [5.74, 6) is 1.47. The minimum atomic E-state index is -0.789. The maximum Gasteiger partial charge on any atom is 0.256 e. The van der Waals surface area contributed by atoms with E-state index < -0.39 is 5.60 Å². The Kier molecular flexibility index (Phi) is 9.51. The number of carbonyl (C=O) groups is 1.